The van der Waals surface area contributed by atoms with Gasteiger partial charge in [0, 0.05) is 36.8 Å². The lowest BCUT2D eigenvalue weighted by molar-refractivity contribution is -0.384. The van der Waals surface area contributed by atoms with Gasteiger partial charge in [-0.1, -0.05) is 48.5 Å². The highest BCUT2D eigenvalue weighted by Gasteiger charge is 2.51. The van der Waals surface area contributed by atoms with Crippen LogP contribution in [0.15, 0.2) is 93.1 Å². The molecule has 2 fully saturated rings. The van der Waals surface area contributed by atoms with Gasteiger partial charge in [0.1, 0.15) is 5.84 Å². The summed E-state index contributed by atoms with van der Waals surface area (Å²) in [6.45, 7) is 4.62. The third-order valence-corrected chi connectivity index (χ3v) is 12.3. The Morgan fingerprint density at radius 3 is 2.36 bits per heavy atom. The van der Waals surface area contributed by atoms with Gasteiger partial charge >= 0.3 is 0 Å². The Kier molecular flexibility index (Phi) is 7.06. The number of rotatable bonds is 6. The molecule has 214 valence electrons. The van der Waals surface area contributed by atoms with Gasteiger partial charge < -0.3 is 9.41 Å². The molecule has 7 rings (SSSR count). The fourth-order valence-corrected chi connectivity index (χ4v) is 10.6. The second-order valence-corrected chi connectivity index (χ2v) is 14.1. The molecule has 12 heteroatoms. The second kappa shape index (κ2) is 10.9. The zero-order chi connectivity index (χ0) is 28.8. The van der Waals surface area contributed by atoms with E-state index in [1.165, 1.54) is 12.1 Å². The molecule has 3 aromatic carbocycles. The van der Waals surface area contributed by atoms with Gasteiger partial charge in [-0.25, -0.2) is 19.1 Å². The minimum Gasteiger partial charge on any atom is -0.379 e. The smallest absolute Gasteiger partial charge is 0.270 e. The summed E-state index contributed by atoms with van der Waals surface area (Å²) in [5.41, 5.74) is 3.50. The fourth-order valence-electron chi connectivity index (χ4n) is 5.72. The van der Waals surface area contributed by atoms with E-state index in [4.69, 9.17) is 19.6 Å². The van der Waals surface area contributed by atoms with Crippen LogP contribution in [0.4, 0.5) is 17.2 Å². The molecular formula is C30H29BrN7O3P. The van der Waals surface area contributed by atoms with E-state index >= 15 is 0 Å². The lowest BCUT2D eigenvalue weighted by atomic mass is 10.2. The summed E-state index contributed by atoms with van der Waals surface area (Å²) in [6.07, 6.45) is 2.08. The second-order valence-electron chi connectivity index (χ2n) is 10.5. The third kappa shape index (κ3) is 4.61. The van der Waals surface area contributed by atoms with Crippen molar-refractivity contribution in [3.8, 4) is 5.69 Å². The Hall–Kier alpha value is -3.63. The molecule has 0 N–H and O–H groups in total. The number of para-hydroxylation sites is 1. The Balaban J connectivity index is 1.59. The highest BCUT2D eigenvalue weighted by atomic mass is 79.9. The number of nitro benzene ring substituents is 1. The molecule has 1 saturated heterocycles. The van der Waals surface area contributed by atoms with Crippen LogP contribution in [0.25, 0.3) is 5.69 Å². The maximum atomic E-state index is 11.6. The molecule has 42 heavy (non-hydrogen) atoms. The average molecular weight is 646 g/mol. The first-order chi connectivity index (χ1) is 20.5. The van der Waals surface area contributed by atoms with E-state index < -0.39 is 7.36 Å². The van der Waals surface area contributed by atoms with Crippen LogP contribution in [-0.2, 0) is 4.74 Å². The molecule has 0 amide bonds. The zero-order valence-corrected chi connectivity index (χ0v) is 25.5. The molecule has 10 nitrogen and oxygen atoms in total. The van der Waals surface area contributed by atoms with Crippen molar-refractivity contribution in [2.45, 2.75) is 25.8 Å². The molecule has 2 aliphatic heterocycles. The summed E-state index contributed by atoms with van der Waals surface area (Å²) in [6, 6.07) is 25.4. The van der Waals surface area contributed by atoms with Crippen LogP contribution < -0.4 is 5.30 Å². The molecule has 0 bridgehead atoms. The number of morpholine rings is 1. The molecular weight excluding hydrogens is 617 g/mol. The van der Waals surface area contributed by atoms with Crippen molar-refractivity contribution >= 4 is 51.6 Å². The minimum absolute atomic E-state index is 0.0163. The first-order valence-corrected chi connectivity index (χ1v) is 16.4. The molecule has 1 saturated carbocycles. The number of halogens is 1. The molecule has 1 atom stereocenters. The number of nitro groups is 1. The van der Waals surface area contributed by atoms with Gasteiger partial charge in [-0.2, -0.15) is 5.10 Å². The topological polar surface area (TPSA) is 101 Å². The van der Waals surface area contributed by atoms with Crippen LogP contribution in [0.3, 0.4) is 0 Å². The van der Waals surface area contributed by atoms with Crippen LogP contribution in [0.5, 0.6) is 0 Å². The van der Waals surface area contributed by atoms with Crippen molar-refractivity contribution in [3.05, 3.63) is 105 Å². The van der Waals surface area contributed by atoms with Crippen LogP contribution in [0, 0.1) is 17.0 Å². The zero-order valence-electron chi connectivity index (χ0n) is 23.0. The van der Waals surface area contributed by atoms with Crippen molar-refractivity contribution in [2.24, 2.45) is 9.74 Å². The summed E-state index contributed by atoms with van der Waals surface area (Å²) in [7, 11) is -2.81. The highest BCUT2D eigenvalue weighted by Crippen LogP contribution is 2.66. The monoisotopic (exact) mass is 645 g/mol. The first kappa shape index (κ1) is 27.2. The number of ether oxygens (including phenoxy) is 1. The fraction of sp³-hybridized carbons (Fsp3) is 0.267. The predicted octanol–water partition coefficient (Wildman–Crippen LogP) is 6.73. The molecule has 1 aromatic heterocycles. The summed E-state index contributed by atoms with van der Waals surface area (Å²) >= 11 is 3.63. The number of non-ortho nitro benzene ring substituents is 1. The molecule has 0 unspecified atom stereocenters. The Labute approximate surface area is 252 Å². The van der Waals surface area contributed by atoms with Crippen LogP contribution in [-0.4, -0.2) is 62.2 Å². The van der Waals surface area contributed by atoms with E-state index in [0.29, 0.717) is 36.5 Å². The van der Waals surface area contributed by atoms with E-state index in [0.717, 1.165) is 46.7 Å². The Bertz CT molecular complexity index is 1750. The van der Waals surface area contributed by atoms with Crippen molar-refractivity contribution in [1.29, 1.82) is 0 Å². The number of nitrogens with zero attached hydrogens (tertiary/aromatic N) is 7. The highest BCUT2D eigenvalue weighted by molar-refractivity contribution is 9.10. The van der Waals surface area contributed by atoms with Crippen LogP contribution >= 0.6 is 23.3 Å². The summed E-state index contributed by atoms with van der Waals surface area (Å²) < 4.78 is 19.0. The maximum Gasteiger partial charge on any atom is 0.270 e. The molecule has 1 aliphatic carbocycles. The van der Waals surface area contributed by atoms with Crippen molar-refractivity contribution in [3.63, 3.8) is 0 Å². The van der Waals surface area contributed by atoms with E-state index in [1.54, 1.807) is 6.07 Å². The Morgan fingerprint density at radius 2 is 1.71 bits per heavy atom. The first-order valence-electron chi connectivity index (χ1n) is 14.0. The number of amidine groups is 1. The number of hydrogen-bond donors (Lipinski definition) is 0. The number of aromatic nitrogens is 2. The van der Waals surface area contributed by atoms with Crippen LogP contribution in [0.2, 0.25) is 0 Å². The average Bonchev–Trinajstić information content (AvgIpc) is 3.81. The number of benzene rings is 3. The quantitative estimate of drug-likeness (QED) is 0.131. The van der Waals surface area contributed by atoms with Crippen LogP contribution in [0.1, 0.15) is 24.1 Å². The van der Waals surface area contributed by atoms with Gasteiger partial charge in [-0.3, -0.25) is 10.1 Å². The number of aryl methyl sites for hydroxylation is 1. The molecule has 3 heterocycles. The molecule has 0 radical (unpaired) electrons. The summed E-state index contributed by atoms with van der Waals surface area (Å²) in [5.74, 6) is 1.65. The van der Waals surface area contributed by atoms with Crippen molar-refractivity contribution in [2.75, 3.05) is 26.3 Å². The van der Waals surface area contributed by atoms with Gasteiger partial charge in [-0.05, 0) is 53.9 Å². The predicted molar refractivity (Wildman–Crippen MR) is 168 cm³/mol. The van der Waals surface area contributed by atoms with Gasteiger partial charge in [-0.15, -0.1) is 0 Å². The van der Waals surface area contributed by atoms with Gasteiger partial charge in [0.25, 0.3) is 5.69 Å². The minimum atomic E-state index is -2.81. The third-order valence-electron chi connectivity index (χ3n) is 7.73. The Morgan fingerprint density at radius 1 is 1.02 bits per heavy atom. The maximum absolute atomic E-state index is 11.6. The van der Waals surface area contributed by atoms with Gasteiger partial charge in [0.15, 0.2) is 13.2 Å². The van der Waals surface area contributed by atoms with E-state index in [2.05, 4.69) is 37.4 Å². The number of fused-ring (bicyclic) bond motifs is 1. The van der Waals surface area contributed by atoms with E-state index in [-0.39, 0.29) is 16.7 Å². The van der Waals surface area contributed by atoms with Gasteiger partial charge in [0.05, 0.1) is 45.0 Å². The molecule has 0 spiro atoms. The van der Waals surface area contributed by atoms with Crippen molar-refractivity contribution in [1.82, 2.24) is 19.1 Å². The van der Waals surface area contributed by atoms with Crippen molar-refractivity contribution < 1.29 is 9.66 Å². The number of aliphatic imine (C=N–C) groups is 1. The molecule has 3 aliphatic rings. The number of hydrogen-bond acceptors (Lipinski definition) is 6. The largest absolute Gasteiger partial charge is 0.379 e. The summed E-state index contributed by atoms with van der Waals surface area (Å²) in [4.78, 5) is 16.6. The van der Waals surface area contributed by atoms with E-state index in [1.807, 2.05) is 60.1 Å². The standard InChI is InChI=1S/C30H29BrN7O3P/c1-21-28-30(36(33-21)23-10-6-3-7-11-23)32-29(22-8-4-2-5-9-22)37(24-12-13-24)42(28,35-16-18-41-19-17-35)34-27-15-14-25(38(39)40)20-26(27)31/h2-11,14-15,20,24H,12-13,16-19H2,1H3/t42-/m0/s1. The lowest BCUT2D eigenvalue weighted by Crippen LogP contribution is -2.47. The van der Waals surface area contributed by atoms with E-state index in [9.17, 15) is 10.1 Å². The normalized spacial score (nSPS) is 20.6. The summed E-state index contributed by atoms with van der Waals surface area (Å²) in [5, 5.41) is 17.7. The SMILES string of the molecule is Cc1nn(-c2ccccc2)c2c1[P@](=Nc1ccc([N+](=O)[O-])cc1Br)(N1CCOCC1)N(C1CC1)C(c1ccccc1)=N2. The molecule has 4 aromatic rings. The lowest BCUT2D eigenvalue weighted by Gasteiger charge is -2.48. The van der Waals surface area contributed by atoms with Gasteiger partial charge in [0.2, 0.25) is 0 Å².